The highest BCUT2D eigenvalue weighted by molar-refractivity contribution is 7.77. The summed E-state index contributed by atoms with van der Waals surface area (Å²) in [5, 5.41) is 0. The molecule has 0 fully saturated rings. The Morgan fingerprint density at radius 1 is 1.75 bits per heavy atom. The molecule has 5 heteroatoms. The van der Waals surface area contributed by atoms with Gasteiger partial charge in [0.25, 0.3) is 11.3 Å². The maximum absolute atomic E-state index is 10.1. The summed E-state index contributed by atoms with van der Waals surface area (Å²) in [7, 11) is 0. The van der Waals surface area contributed by atoms with Crippen molar-refractivity contribution in [2.45, 2.75) is 0 Å². The maximum atomic E-state index is 10.1. The second-order valence-corrected chi connectivity index (χ2v) is 2.04. The van der Waals surface area contributed by atoms with E-state index in [-0.39, 0.29) is 0 Å². The Balaban J connectivity index is 2.93. The molecule has 1 aromatic heterocycles. The van der Waals surface area contributed by atoms with Crippen LogP contribution in [0.3, 0.4) is 0 Å². The number of aromatic nitrogens is 2. The van der Waals surface area contributed by atoms with Gasteiger partial charge in [-0.05, 0) is 0 Å². The Labute approximate surface area is 48.6 Å². The second-order valence-electron chi connectivity index (χ2n) is 1.15. The molecule has 1 heterocycles. The van der Waals surface area contributed by atoms with Crippen molar-refractivity contribution in [3.63, 3.8) is 0 Å². The Bertz CT molecular complexity index is 183. The van der Waals surface area contributed by atoms with E-state index in [0.29, 0.717) is 0 Å². The van der Waals surface area contributed by atoms with Crippen LogP contribution in [0.15, 0.2) is 18.7 Å². The fraction of sp³-hybridized carbons (Fsp3) is 0. The summed E-state index contributed by atoms with van der Waals surface area (Å²) in [6.07, 6.45) is 4.13. The average Bonchev–Trinajstić information content (AvgIpc) is 2.12. The lowest BCUT2D eigenvalue weighted by Crippen LogP contribution is -1.97. The third kappa shape index (κ3) is 0.932. The average molecular weight is 132 g/mol. The molecule has 1 atom stereocenters. The van der Waals surface area contributed by atoms with Gasteiger partial charge in [0.05, 0.1) is 0 Å². The van der Waals surface area contributed by atoms with Gasteiger partial charge in [0.1, 0.15) is 6.33 Å². The summed E-state index contributed by atoms with van der Waals surface area (Å²) < 4.78 is 19.5. The molecule has 1 aromatic rings. The van der Waals surface area contributed by atoms with E-state index in [2.05, 4.69) is 4.98 Å². The van der Waals surface area contributed by atoms with Crippen molar-refractivity contribution in [3.05, 3.63) is 18.7 Å². The van der Waals surface area contributed by atoms with Crippen molar-refractivity contribution >= 4 is 11.3 Å². The van der Waals surface area contributed by atoms with Gasteiger partial charge in [0.2, 0.25) is 0 Å². The minimum Gasteiger partial charge on any atom is -0.289 e. The molecule has 0 aliphatic heterocycles. The van der Waals surface area contributed by atoms with Crippen molar-refractivity contribution in [2.75, 3.05) is 0 Å². The zero-order chi connectivity index (χ0) is 5.98. The Morgan fingerprint density at radius 2 is 2.50 bits per heavy atom. The van der Waals surface area contributed by atoms with E-state index < -0.39 is 11.3 Å². The largest absolute Gasteiger partial charge is 0.289 e. The fourth-order valence-electron chi connectivity index (χ4n) is 0.339. The number of rotatable bonds is 1. The van der Waals surface area contributed by atoms with Crippen molar-refractivity contribution in [1.82, 2.24) is 8.96 Å². The molecular weight excluding hydrogens is 128 g/mol. The van der Waals surface area contributed by atoms with Crippen LogP contribution >= 0.6 is 0 Å². The molecule has 1 N–H and O–H groups in total. The van der Waals surface area contributed by atoms with Gasteiger partial charge >= 0.3 is 0 Å². The van der Waals surface area contributed by atoms with Gasteiger partial charge in [-0.3, -0.25) is 4.55 Å². The van der Waals surface area contributed by atoms with Crippen LogP contribution in [0.1, 0.15) is 0 Å². The van der Waals surface area contributed by atoms with Gasteiger partial charge in [-0.1, -0.05) is 0 Å². The third-order valence-corrected chi connectivity index (χ3v) is 1.24. The summed E-state index contributed by atoms with van der Waals surface area (Å²) in [5.74, 6) is 0. The van der Waals surface area contributed by atoms with E-state index >= 15 is 0 Å². The van der Waals surface area contributed by atoms with Crippen LogP contribution < -0.4 is 0 Å². The van der Waals surface area contributed by atoms with Crippen LogP contribution in [-0.2, 0) is 11.3 Å². The van der Waals surface area contributed by atoms with Gasteiger partial charge in [-0.15, -0.1) is 0 Å². The molecule has 0 amide bonds. The van der Waals surface area contributed by atoms with Crippen LogP contribution in [0.5, 0.6) is 0 Å². The molecule has 44 valence electrons. The minimum atomic E-state index is -1.94. The first-order valence-corrected chi connectivity index (χ1v) is 2.96. The van der Waals surface area contributed by atoms with E-state index in [9.17, 15) is 4.21 Å². The van der Waals surface area contributed by atoms with E-state index in [1.54, 1.807) is 0 Å². The smallest absolute Gasteiger partial charge is 0.266 e. The van der Waals surface area contributed by atoms with Gasteiger partial charge in [-0.25, -0.2) is 13.2 Å². The standard InChI is InChI=1S/C3H4N2O2S/c6-8(7)5-2-1-4-3-5/h1-3H,(H,6,7). The van der Waals surface area contributed by atoms with Crippen LogP contribution in [-0.4, -0.2) is 17.7 Å². The Hall–Kier alpha value is -0.680. The number of hydrogen-bond acceptors (Lipinski definition) is 2. The minimum absolute atomic E-state index is 1.08. The molecule has 0 saturated carbocycles. The number of nitrogens with zero attached hydrogens (tertiary/aromatic N) is 2. The maximum Gasteiger partial charge on any atom is 0.266 e. The van der Waals surface area contributed by atoms with Gasteiger partial charge in [0.15, 0.2) is 0 Å². The zero-order valence-electron chi connectivity index (χ0n) is 3.89. The molecule has 0 aromatic carbocycles. The lowest BCUT2D eigenvalue weighted by molar-refractivity contribution is 0.554. The summed E-state index contributed by atoms with van der Waals surface area (Å²) in [6.45, 7) is 0. The molecule has 4 nitrogen and oxygen atoms in total. The molecule has 0 bridgehead atoms. The monoisotopic (exact) mass is 132 g/mol. The SMILES string of the molecule is O=S(O)n1ccnc1. The normalized spacial score (nSPS) is 13.6. The van der Waals surface area contributed by atoms with E-state index in [4.69, 9.17) is 4.55 Å². The van der Waals surface area contributed by atoms with Crippen LogP contribution in [0.2, 0.25) is 0 Å². The molecule has 0 spiro atoms. The topological polar surface area (TPSA) is 55.1 Å². The summed E-state index contributed by atoms with van der Waals surface area (Å²) >= 11 is -1.94. The van der Waals surface area contributed by atoms with Crippen molar-refractivity contribution in [2.24, 2.45) is 0 Å². The first-order valence-electron chi connectivity index (χ1n) is 1.90. The van der Waals surface area contributed by atoms with E-state index in [0.717, 1.165) is 3.97 Å². The summed E-state index contributed by atoms with van der Waals surface area (Å²) in [6, 6.07) is 0. The van der Waals surface area contributed by atoms with Gasteiger partial charge in [0, 0.05) is 12.4 Å². The number of imidazole rings is 1. The predicted molar refractivity (Wildman–Crippen MR) is 28.4 cm³/mol. The van der Waals surface area contributed by atoms with Crippen LogP contribution in [0, 0.1) is 0 Å². The molecule has 1 rings (SSSR count). The number of hydrogen-bond donors (Lipinski definition) is 1. The molecule has 0 radical (unpaired) electrons. The molecule has 1 unspecified atom stereocenters. The van der Waals surface area contributed by atoms with E-state index in [1.807, 2.05) is 0 Å². The summed E-state index contributed by atoms with van der Waals surface area (Å²) in [5.41, 5.74) is 0. The zero-order valence-corrected chi connectivity index (χ0v) is 4.71. The van der Waals surface area contributed by atoms with Crippen LogP contribution in [0.4, 0.5) is 0 Å². The summed E-state index contributed by atoms with van der Waals surface area (Å²) in [4.78, 5) is 3.55. The lowest BCUT2D eigenvalue weighted by Gasteiger charge is -1.86. The molecule has 0 aliphatic rings. The van der Waals surface area contributed by atoms with Crippen LogP contribution in [0.25, 0.3) is 0 Å². The molecule has 0 saturated heterocycles. The predicted octanol–water partition coefficient (Wildman–Crippen LogP) is -0.132. The second kappa shape index (κ2) is 2.06. The molecular formula is C3H4N2O2S. The molecule has 8 heavy (non-hydrogen) atoms. The van der Waals surface area contributed by atoms with Crippen molar-refractivity contribution in [3.8, 4) is 0 Å². The fourth-order valence-corrected chi connectivity index (χ4v) is 0.633. The first kappa shape index (κ1) is 5.46. The quantitative estimate of drug-likeness (QED) is 0.541. The highest BCUT2D eigenvalue weighted by atomic mass is 32.2. The highest BCUT2D eigenvalue weighted by Crippen LogP contribution is 1.83. The Kier molecular flexibility index (Phi) is 1.40. The third-order valence-electron chi connectivity index (χ3n) is 0.660. The van der Waals surface area contributed by atoms with Crippen molar-refractivity contribution in [1.29, 1.82) is 0 Å². The van der Waals surface area contributed by atoms with Gasteiger partial charge in [-0.2, -0.15) is 0 Å². The molecule has 0 aliphatic carbocycles. The first-order chi connectivity index (χ1) is 3.80. The lowest BCUT2D eigenvalue weighted by atomic mass is 11.0. The van der Waals surface area contributed by atoms with E-state index in [1.165, 1.54) is 18.7 Å². The van der Waals surface area contributed by atoms with Crippen molar-refractivity contribution < 1.29 is 8.76 Å². The highest BCUT2D eigenvalue weighted by Gasteiger charge is 1.90. The Morgan fingerprint density at radius 3 is 2.75 bits per heavy atom. The van der Waals surface area contributed by atoms with Gasteiger partial charge < -0.3 is 0 Å².